The predicted octanol–water partition coefficient (Wildman–Crippen LogP) is 1.96. The van der Waals surface area contributed by atoms with Crippen LogP contribution in [0.1, 0.15) is 45.4 Å². The summed E-state index contributed by atoms with van der Waals surface area (Å²) in [6, 6.07) is 0.120. The Morgan fingerprint density at radius 1 is 1.43 bits per heavy atom. The molecule has 0 heterocycles. The standard InChI is InChI=1S/C10H20N2O2/c1-2-10(12(13)14)8-11-9-6-4-3-5-7-9/h9-11H,2-8H2,1H3. The van der Waals surface area contributed by atoms with Gasteiger partial charge in [-0.15, -0.1) is 0 Å². The number of hydrogen-bond donors (Lipinski definition) is 1. The van der Waals surface area contributed by atoms with Gasteiger partial charge in [-0.2, -0.15) is 0 Å². The third kappa shape index (κ3) is 3.62. The van der Waals surface area contributed by atoms with Crippen LogP contribution in [0.25, 0.3) is 0 Å². The van der Waals surface area contributed by atoms with Gasteiger partial charge in [0.15, 0.2) is 0 Å². The van der Waals surface area contributed by atoms with Crippen molar-refractivity contribution in [2.24, 2.45) is 0 Å². The molecule has 0 radical (unpaired) electrons. The van der Waals surface area contributed by atoms with Crippen LogP contribution in [0.2, 0.25) is 0 Å². The number of hydrogen-bond acceptors (Lipinski definition) is 3. The molecule has 0 saturated heterocycles. The average Bonchev–Trinajstić information content (AvgIpc) is 2.20. The van der Waals surface area contributed by atoms with Crippen molar-refractivity contribution in [2.75, 3.05) is 6.54 Å². The van der Waals surface area contributed by atoms with Gasteiger partial charge in [0.25, 0.3) is 0 Å². The van der Waals surface area contributed by atoms with Crippen molar-refractivity contribution >= 4 is 0 Å². The molecule has 1 fully saturated rings. The van der Waals surface area contributed by atoms with Crippen molar-refractivity contribution in [3.63, 3.8) is 0 Å². The second-order valence-corrected chi connectivity index (χ2v) is 4.09. The van der Waals surface area contributed by atoms with Gasteiger partial charge >= 0.3 is 0 Å². The molecule has 0 aromatic heterocycles. The van der Waals surface area contributed by atoms with Gasteiger partial charge in [0, 0.05) is 17.4 Å². The van der Waals surface area contributed by atoms with Gasteiger partial charge in [0.1, 0.15) is 0 Å². The Morgan fingerprint density at radius 3 is 2.57 bits per heavy atom. The fourth-order valence-corrected chi connectivity index (χ4v) is 1.98. The van der Waals surface area contributed by atoms with E-state index in [0.717, 1.165) is 0 Å². The van der Waals surface area contributed by atoms with Crippen LogP contribution in [0.5, 0.6) is 0 Å². The first-order chi connectivity index (χ1) is 6.74. The van der Waals surface area contributed by atoms with E-state index in [9.17, 15) is 10.1 Å². The number of rotatable bonds is 5. The summed E-state index contributed by atoms with van der Waals surface area (Å²) >= 11 is 0. The maximum atomic E-state index is 10.6. The van der Waals surface area contributed by atoms with Crippen molar-refractivity contribution < 1.29 is 4.92 Å². The molecule has 0 amide bonds. The molecule has 1 N–H and O–H groups in total. The van der Waals surface area contributed by atoms with E-state index < -0.39 is 6.04 Å². The molecule has 4 heteroatoms. The molecular formula is C10H20N2O2. The Kier molecular flexibility index (Phi) is 4.87. The molecule has 1 aliphatic rings. The van der Waals surface area contributed by atoms with Crippen LogP contribution >= 0.6 is 0 Å². The highest BCUT2D eigenvalue weighted by Crippen LogP contribution is 2.17. The lowest BCUT2D eigenvalue weighted by Gasteiger charge is -2.23. The molecule has 1 saturated carbocycles. The molecule has 0 bridgehead atoms. The molecule has 1 aliphatic carbocycles. The zero-order chi connectivity index (χ0) is 10.4. The summed E-state index contributed by atoms with van der Waals surface area (Å²) in [7, 11) is 0. The van der Waals surface area contributed by atoms with Gasteiger partial charge < -0.3 is 5.32 Å². The van der Waals surface area contributed by atoms with E-state index >= 15 is 0 Å². The summed E-state index contributed by atoms with van der Waals surface area (Å²) in [4.78, 5) is 10.4. The quantitative estimate of drug-likeness (QED) is 0.545. The Balaban J connectivity index is 2.20. The highest BCUT2D eigenvalue weighted by atomic mass is 16.6. The van der Waals surface area contributed by atoms with Crippen LogP contribution in [0.3, 0.4) is 0 Å². The van der Waals surface area contributed by atoms with E-state index in [1.54, 1.807) is 0 Å². The average molecular weight is 200 g/mol. The minimum atomic E-state index is -0.406. The van der Waals surface area contributed by atoms with E-state index in [1.165, 1.54) is 32.1 Å². The normalized spacial score (nSPS) is 20.6. The van der Waals surface area contributed by atoms with Crippen molar-refractivity contribution in [2.45, 2.75) is 57.5 Å². The van der Waals surface area contributed by atoms with Gasteiger partial charge in [-0.1, -0.05) is 26.2 Å². The molecule has 0 spiro atoms. The van der Waals surface area contributed by atoms with Gasteiger partial charge in [-0.25, -0.2) is 0 Å². The minimum absolute atomic E-state index is 0.171. The van der Waals surface area contributed by atoms with Crippen LogP contribution in [-0.4, -0.2) is 23.6 Å². The third-order valence-corrected chi connectivity index (χ3v) is 3.02. The van der Waals surface area contributed by atoms with Crippen molar-refractivity contribution in [3.05, 3.63) is 10.1 Å². The molecule has 1 rings (SSSR count). The van der Waals surface area contributed by atoms with Crippen LogP contribution in [0, 0.1) is 10.1 Å². The Labute approximate surface area is 85.2 Å². The first-order valence-corrected chi connectivity index (χ1v) is 5.61. The number of nitro groups is 1. The lowest BCUT2D eigenvalue weighted by Crippen LogP contribution is -2.39. The predicted molar refractivity (Wildman–Crippen MR) is 55.9 cm³/mol. The second-order valence-electron chi connectivity index (χ2n) is 4.09. The molecule has 1 atom stereocenters. The number of nitrogens with zero attached hydrogens (tertiary/aromatic N) is 1. The largest absolute Gasteiger partial charge is 0.308 e. The van der Waals surface area contributed by atoms with Gasteiger partial charge in [0.2, 0.25) is 6.04 Å². The highest BCUT2D eigenvalue weighted by molar-refractivity contribution is 4.73. The van der Waals surface area contributed by atoms with Gasteiger partial charge in [0.05, 0.1) is 6.54 Å². The molecule has 0 aromatic rings. The van der Waals surface area contributed by atoms with Crippen molar-refractivity contribution in [1.29, 1.82) is 0 Å². The molecule has 14 heavy (non-hydrogen) atoms. The monoisotopic (exact) mass is 200 g/mol. The smallest absolute Gasteiger partial charge is 0.225 e. The topological polar surface area (TPSA) is 55.2 Å². The first kappa shape index (κ1) is 11.4. The lowest BCUT2D eigenvalue weighted by molar-refractivity contribution is -0.520. The van der Waals surface area contributed by atoms with E-state index in [0.29, 0.717) is 19.0 Å². The van der Waals surface area contributed by atoms with E-state index in [-0.39, 0.29) is 4.92 Å². The molecule has 0 aliphatic heterocycles. The van der Waals surface area contributed by atoms with Crippen LogP contribution in [-0.2, 0) is 0 Å². The molecule has 4 nitrogen and oxygen atoms in total. The zero-order valence-electron chi connectivity index (χ0n) is 8.87. The van der Waals surface area contributed by atoms with Gasteiger partial charge in [-0.3, -0.25) is 10.1 Å². The fourth-order valence-electron chi connectivity index (χ4n) is 1.98. The van der Waals surface area contributed by atoms with Gasteiger partial charge in [-0.05, 0) is 12.8 Å². The van der Waals surface area contributed by atoms with Crippen LogP contribution in [0.15, 0.2) is 0 Å². The molecule has 1 unspecified atom stereocenters. The number of nitrogens with one attached hydrogen (secondary N) is 1. The van der Waals surface area contributed by atoms with Crippen LogP contribution < -0.4 is 5.32 Å². The van der Waals surface area contributed by atoms with E-state index in [4.69, 9.17) is 0 Å². The summed E-state index contributed by atoms with van der Waals surface area (Å²) in [5.41, 5.74) is 0. The Morgan fingerprint density at radius 2 is 2.07 bits per heavy atom. The summed E-state index contributed by atoms with van der Waals surface area (Å²) in [5, 5.41) is 13.9. The summed E-state index contributed by atoms with van der Waals surface area (Å²) < 4.78 is 0. The minimum Gasteiger partial charge on any atom is -0.308 e. The summed E-state index contributed by atoms with van der Waals surface area (Å²) in [6.45, 7) is 2.41. The van der Waals surface area contributed by atoms with E-state index in [2.05, 4.69) is 5.32 Å². The maximum Gasteiger partial charge on any atom is 0.225 e. The molecule has 82 valence electrons. The maximum absolute atomic E-state index is 10.6. The van der Waals surface area contributed by atoms with Crippen molar-refractivity contribution in [3.8, 4) is 0 Å². The second kappa shape index (κ2) is 5.96. The summed E-state index contributed by atoms with van der Waals surface area (Å²) in [5.74, 6) is 0. The first-order valence-electron chi connectivity index (χ1n) is 5.61. The Hall–Kier alpha value is -0.640. The lowest BCUT2D eigenvalue weighted by atomic mass is 9.95. The van der Waals surface area contributed by atoms with Crippen molar-refractivity contribution in [1.82, 2.24) is 5.32 Å². The SMILES string of the molecule is CCC(CNC1CCCCC1)[N+](=O)[O-]. The van der Waals surface area contributed by atoms with E-state index in [1.807, 2.05) is 6.92 Å². The molecular weight excluding hydrogens is 180 g/mol. The van der Waals surface area contributed by atoms with Crippen LogP contribution in [0.4, 0.5) is 0 Å². The molecule has 0 aromatic carbocycles. The zero-order valence-corrected chi connectivity index (χ0v) is 8.87. The Bertz CT molecular complexity index is 179. The highest BCUT2D eigenvalue weighted by Gasteiger charge is 2.20. The fraction of sp³-hybridized carbons (Fsp3) is 1.00. The third-order valence-electron chi connectivity index (χ3n) is 3.02. The summed E-state index contributed by atoms with van der Waals surface area (Å²) in [6.07, 6.45) is 6.86.